The molecular formula is C14H11NOS. The molecule has 1 aliphatic heterocycles. The first kappa shape index (κ1) is 10.4. The van der Waals surface area contributed by atoms with E-state index in [4.69, 9.17) is 0 Å². The van der Waals surface area contributed by atoms with Crippen molar-refractivity contribution in [2.45, 2.75) is 10.1 Å². The number of carbonyl (C=O) groups is 1. The second-order valence-electron chi connectivity index (χ2n) is 3.89. The zero-order chi connectivity index (χ0) is 11.7. The molecule has 1 amide bonds. The molecule has 1 unspecified atom stereocenters. The fourth-order valence-electron chi connectivity index (χ4n) is 1.93. The van der Waals surface area contributed by atoms with Crippen LogP contribution in [-0.2, 0) is 4.79 Å². The maximum absolute atomic E-state index is 11.9. The lowest BCUT2D eigenvalue weighted by Gasteiger charge is -2.07. The van der Waals surface area contributed by atoms with Gasteiger partial charge in [-0.05, 0) is 23.8 Å². The highest BCUT2D eigenvalue weighted by Crippen LogP contribution is 2.43. The van der Waals surface area contributed by atoms with Gasteiger partial charge in [0.15, 0.2) is 0 Å². The van der Waals surface area contributed by atoms with Crippen molar-refractivity contribution in [3.05, 3.63) is 60.2 Å². The third kappa shape index (κ3) is 1.94. The largest absolute Gasteiger partial charge is 0.325 e. The molecular weight excluding hydrogens is 230 g/mol. The van der Waals surface area contributed by atoms with Crippen LogP contribution in [0.4, 0.5) is 5.69 Å². The van der Waals surface area contributed by atoms with Gasteiger partial charge in [-0.15, -0.1) is 11.8 Å². The Balaban J connectivity index is 1.92. The summed E-state index contributed by atoms with van der Waals surface area (Å²) in [6, 6.07) is 17.9. The van der Waals surface area contributed by atoms with Crippen LogP contribution in [0.3, 0.4) is 0 Å². The molecule has 1 atom stereocenters. The second kappa shape index (κ2) is 4.26. The summed E-state index contributed by atoms with van der Waals surface area (Å²) < 4.78 is 0. The van der Waals surface area contributed by atoms with E-state index in [1.165, 1.54) is 0 Å². The molecule has 0 aliphatic carbocycles. The molecule has 2 nitrogen and oxygen atoms in total. The highest BCUT2D eigenvalue weighted by atomic mass is 32.2. The highest BCUT2D eigenvalue weighted by molar-refractivity contribution is 8.00. The lowest BCUT2D eigenvalue weighted by atomic mass is 10.2. The molecule has 0 saturated heterocycles. The van der Waals surface area contributed by atoms with Gasteiger partial charge in [-0.2, -0.15) is 0 Å². The van der Waals surface area contributed by atoms with E-state index in [1.807, 2.05) is 54.6 Å². The van der Waals surface area contributed by atoms with E-state index in [-0.39, 0.29) is 11.2 Å². The van der Waals surface area contributed by atoms with Crippen LogP contribution in [0.2, 0.25) is 0 Å². The van der Waals surface area contributed by atoms with Gasteiger partial charge in [0.1, 0.15) is 5.25 Å². The Labute approximate surface area is 104 Å². The summed E-state index contributed by atoms with van der Waals surface area (Å²) in [5.41, 5.74) is 2.01. The van der Waals surface area contributed by atoms with Crippen LogP contribution in [0.5, 0.6) is 0 Å². The summed E-state index contributed by atoms with van der Waals surface area (Å²) in [6.45, 7) is 0. The monoisotopic (exact) mass is 241 g/mol. The maximum Gasteiger partial charge on any atom is 0.242 e. The summed E-state index contributed by atoms with van der Waals surface area (Å²) in [5.74, 6) is 0.0695. The number of amides is 1. The van der Waals surface area contributed by atoms with E-state index < -0.39 is 0 Å². The number of anilines is 1. The van der Waals surface area contributed by atoms with Gasteiger partial charge in [0.2, 0.25) is 5.91 Å². The normalized spacial score (nSPS) is 17.6. The Morgan fingerprint density at radius 3 is 2.47 bits per heavy atom. The van der Waals surface area contributed by atoms with Crippen LogP contribution >= 0.6 is 11.8 Å². The third-order valence-electron chi connectivity index (χ3n) is 2.74. The standard InChI is InChI=1S/C14H11NOS/c16-14-13(17-10-6-2-1-3-7-10)11-8-4-5-9-12(11)15-14/h1-9,13H,(H,15,16). The van der Waals surface area contributed by atoms with Crippen molar-refractivity contribution in [1.29, 1.82) is 0 Å². The molecule has 0 saturated carbocycles. The van der Waals surface area contributed by atoms with Gasteiger partial charge in [-0.1, -0.05) is 36.4 Å². The minimum Gasteiger partial charge on any atom is -0.325 e. The zero-order valence-electron chi connectivity index (χ0n) is 9.09. The van der Waals surface area contributed by atoms with Gasteiger partial charge in [-0.25, -0.2) is 0 Å². The van der Waals surface area contributed by atoms with Gasteiger partial charge in [0, 0.05) is 10.6 Å². The average Bonchev–Trinajstić information content (AvgIpc) is 2.68. The molecule has 0 bridgehead atoms. The Bertz CT molecular complexity index is 553. The lowest BCUT2D eigenvalue weighted by Crippen LogP contribution is -2.08. The number of fused-ring (bicyclic) bond motifs is 1. The minimum atomic E-state index is -0.131. The molecule has 2 aromatic rings. The smallest absolute Gasteiger partial charge is 0.242 e. The molecule has 3 rings (SSSR count). The van der Waals surface area contributed by atoms with Crippen molar-refractivity contribution in [2.75, 3.05) is 5.32 Å². The summed E-state index contributed by atoms with van der Waals surface area (Å²) in [5, 5.41) is 2.78. The molecule has 0 radical (unpaired) electrons. The molecule has 1 heterocycles. The molecule has 0 aromatic heterocycles. The zero-order valence-corrected chi connectivity index (χ0v) is 9.91. The van der Waals surface area contributed by atoms with Crippen molar-refractivity contribution in [2.24, 2.45) is 0 Å². The molecule has 0 fully saturated rings. The van der Waals surface area contributed by atoms with Crippen molar-refractivity contribution >= 4 is 23.4 Å². The summed E-state index contributed by atoms with van der Waals surface area (Å²) in [6.07, 6.45) is 0. The van der Waals surface area contributed by atoms with Gasteiger partial charge in [0.25, 0.3) is 0 Å². The second-order valence-corrected chi connectivity index (χ2v) is 5.07. The molecule has 3 heteroatoms. The predicted octanol–water partition coefficient (Wildman–Crippen LogP) is 3.47. The van der Waals surface area contributed by atoms with E-state index in [0.717, 1.165) is 16.1 Å². The number of hydrogen-bond donors (Lipinski definition) is 1. The summed E-state index contributed by atoms with van der Waals surface area (Å²) in [7, 11) is 0. The van der Waals surface area contributed by atoms with Gasteiger partial charge in [-0.3, -0.25) is 4.79 Å². The average molecular weight is 241 g/mol. The number of rotatable bonds is 2. The molecule has 1 N–H and O–H groups in total. The minimum absolute atomic E-state index is 0.0695. The number of thioether (sulfide) groups is 1. The maximum atomic E-state index is 11.9. The van der Waals surface area contributed by atoms with Crippen molar-refractivity contribution in [1.82, 2.24) is 0 Å². The Hall–Kier alpha value is -1.74. The number of benzene rings is 2. The van der Waals surface area contributed by atoms with Crippen LogP contribution in [0.25, 0.3) is 0 Å². The van der Waals surface area contributed by atoms with Crippen molar-refractivity contribution < 1.29 is 4.79 Å². The summed E-state index contributed by atoms with van der Waals surface area (Å²) >= 11 is 1.59. The number of para-hydroxylation sites is 1. The first-order valence-corrected chi connectivity index (χ1v) is 6.34. The van der Waals surface area contributed by atoms with Gasteiger partial charge < -0.3 is 5.32 Å². The van der Waals surface area contributed by atoms with Crippen LogP contribution < -0.4 is 5.32 Å². The van der Waals surface area contributed by atoms with E-state index in [1.54, 1.807) is 11.8 Å². The Morgan fingerprint density at radius 1 is 0.941 bits per heavy atom. The van der Waals surface area contributed by atoms with Crippen LogP contribution in [0.1, 0.15) is 10.8 Å². The quantitative estimate of drug-likeness (QED) is 0.872. The Morgan fingerprint density at radius 2 is 1.65 bits per heavy atom. The lowest BCUT2D eigenvalue weighted by molar-refractivity contribution is -0.115. The number of carbonyl (C=O) groups excluding carboxylic acids is 1. The molecule has 1 aliphatic rings. The topological polar surface area (TPSA) is 29.1 Å². The van der Waals surface area contributed by atoms with Crippen LogP contribution in [0, 0.1) is 0 Å². The van der Waals surface area contributed by atoms with Gasteiger partial charge in [0.05, 0.1) is 0 Å². The molecule has 0 spiro atoms. The first-order valence-electron chi connectivity index (χ1n) is 5.46. The fraction of sp³-hybridized carbons (Fsp3) is 0.0714. The SMILES string of the molecule is O=C1Nc2ccccc2C1Sc1ccccc1. The molecule has 84 valence electrons. The summed E-state index contributed by atoms with van der Waals surface area (Å²) in [4.78, 5) is 13.0. The van der Waals surface area contributed by atoms with E-state index in [2.05, 4.69) is 5.32 Å². The van der Waals surface area contributed by atoms with Gasteiger partial charge >= 0.3 is 0 Å². The van der Waals surface area contributed by atoms with Crippen molar-refractivity contribution in [3.63, 3.8) is 0 Å². The van der Waals surface area contributed by atoms with E-state index >= 15 is 0 Å². The van der Waals surface area contributed by atoms with E-state index in [0.29, 0.717) is 0 Å². The third-order valence-corrected chi connectivity index (χ3v) is 3.98. The number of nitrogens with one attached hydrogen (secondary N) is 1. The van der Waals surface area contributed by atoms with Crippen molar-refractivity contribution in [3.8, 4) is 0 Å². The highest BCUT2D eigenvalue weighted by Gasteiger charge is 2.30. The fourth-order valence-corrected chi connectivity index (χ4v) is 3.02. The molecule has 17 heavy (non-hydrogen) atoms. The van der Waals surface area contributed by atoms with Crippen LogP contribution in [-0.4, -0.2) is 5.91 Å². The Kier molecular flexibility index (Phi) is 2.61. The van der Waals surface area contributed by atoms with Crippen LogP contribution in [0.15, 0.2) is 59.5 Å². The first-order chi connectivity index (χ1) is 8.34. The number of hydrogen-bond acceptors (Lipinski definition) is 2. The van der Waals surface area contributed by atoms with E-state index in [9.17, 15) is 4.79 Å². The predicted molar refractivity (Wildman–Crippen MR) is 70.1 cm³/mol. The molecule has 2 aromatic carbocycles.